The molecule has 0 aliphatic heterocycles. The molecule has 1 rings (SSSR count). The predicted octanol–water partition coefficient (Wildman–Crippen LogP) is 4.97. The zero-order valence-electron chi connectivity index (χ0n) is 12.4. The monoisotopic (exact) mass is 265 g/mol. The quantitative estimate of drug-likeness (QED) is 0.686. The van der Waals surface area contributed by atoms with Crippen LogP contribution in [0.4, 0.5) is 0 Å². The number of hydrogen-bond acceptors (Lipinski definition) is 1. The first-order chi connectivity index (χ1) is 9.76. The lowest BCUT2D eigenvalue weighted by Gasteiger charge is -2.06. The third-order valence-electron chi connectivity index (χ3n) is 2.92. The summed E-state index contributed by atoms with van der Waals surface area (Å²) >= 11 is 0. The molecule has 0 bridgehead atoms. The SMILES string of the molecule is C=C/C(=C\C=C/C)c1ccc(/C(C=C)=C/NCC)cc1. The van der Waals surface area contributed by atoms with Crippen molar-refractivity contribution < 1.29 is 0 Å². The van der Waals surface area contributed by atoms with Crippen molar-refractivity contribution in [3.8, 4) is 0 Å². The first-order valence-electron chi connectivity index (χ1n) is 6.89. The van der Waals surface area contributed by atoms with Crippen molar-refractivity contribution in [3.63, 3.8) is 0 Å². The Labute approximate surface area is 122 Å². The van der Waals surface area contributed by atoms with Crippen LogP contribution in [0.25, 0.3) is 11.1 Å². The molecule has 0 aliphatic rings. The highest BCUT2D eigenvalue weighted by Crippen LogP contribution is 2.20. The van der Waals surface area contributed by atoms with E-state index in [2.05, 4.69) is 55.7 Å². The van der Waals surface area contributed by atoms with E-state index in [9.17, 15) is 0 Å². The Balaban J connectivity index is 3.03. The van der Waals surface area contributed by atoms with Gasteiger partial charge in [-0.25, -0.2) is 0 Å². The topological polar surface area (TPSA) is 12.0 Å². The number of allylic oxidation sites excluding steroid dienone is 7. The van der Waals surface area contributed by atoms with Crippen molar-refractivity contribution in [3.05, 3.63) is 85.1 Å². The number of nitrogens with one attached hydrogen (secondary N) is 1. The van der Waals surface area contributed by atoms with E-state index in [1.54, 1.807) is 0 Å². The number of rotatable bonds is 7. The van der Waals surface area contributed by atoms with Gasteiger partial charge in [-0.1, -0.05) is 67.8 Å². The van der Waals surface area contributed by atoms with Gasteiger partial charge in [-0.15, -0.1) is 0 Å². The molecule has 1 N–H and O–H groups in total. The molecule has 0 amide bonds. The maximum atomic E-state index is 3.86. The summed E-state index contributed by atoms with van der Waals surface area (Å²) in [6.07, 6.45) is 11.8. The molecule has 0 saturated heterocycles. The van der Waals surface area contributed by atoms with Crippen LogP contribution in [-0.2, 0) is 0 Å². The minimum Gasteiger partial charge on any atom is -0.391 e. The van der Waals surface area contributed by atoms with Gasteiger partial charge in [0, 0.05) is 12.7 Å². The molecule has 0 heterocycles. The van der Waals surface area contributed by atoms with E-state index in [1.807, 2.05) is 37.4 Å². The molecular weight excluding hydrogens is 242 g/mol. The molecule has 0 aromatic heterocycles. The summed E-state index contributed by atoms with van der Waals surface area (Å²) in [5.41, 5.74) is 4.52. The van der Waals surface area contributed by atoms with E-state index in [0.29, 0.717) is 0 Å². The minimum atomic E-state index is 0.905. The first kappa shape index (κ1) is 15.8. The Morgan fingerprint density at radius 1 is 1.05 bits per heavy atom. The molecule has 1 heteroatoms. The Kier molecular flexibility index (Phi) is 6.91. The molecule has 0 saturated carbocycles. The Bertz CT molecular complexity index is 527. The van der Waals surface area contributed by atoms with Gasteiger partial charge in [0.1, 0.15) is 0 Å². The van der Waals surface area contributed by atoms with E-state index < -0.39 is 0 Å². The first-order valence-corrected chi connectivity index (χ1v) is 6.89. The molecule has 1 aromatic carbocycles. The second kappa shape index (κ2) is 8.76. The highest BCUT2D eigenvalue weighted by molar-refractivity contribution is 5.78. The largest absolute Gasteiger partial charge is 0.391 e. The molecule has 20 heavy (non-hydrogen) atoms. The van der Waals surface area contributed by atoms with Gasteiger partial charge in [-0.05, 0) is 36.1 Å². The normalized spacial score (nSPS) is 12.5. The third-order valence-corrected chi connectivity index (χ3v) is 2.92. The molecule has 104 valence electrons. The van der Waals surface area contributed by atoms with E-state index in [1.165, 1.54) is 0 Å². The summed E-state index contributed by atoms with van der Waals surface area (Å²) in [4.78, 5) is 0. The van der Waals surface area contributed by atoms with Crippen LogP contribution in [0.2, 0.25) is 0 Å². The zero-order valence-corrected chi connectivity index (χ0v) is 12.4. The van der Waals surface area contributed by atoms with Crippen LogP contribution >= 0.6 is 0 Å². The lowest BCUT2D eigenvalue weighted by molar-refractivity contribution is 0.922. The molecule has 0 spiro atoms. The highest BCUT2D eigenvalue weighted by Gasteiger charge is 2.00. The average molecular weight is 265 g/mol. The molecule has 0 atom stereocenters. The third kappa shape index (κ3) is 4.43. The van der Waals surface area contributed by atoms with Gasteiger partial charge in [0.25, 0.3) is 0 Å². The second-order valence-corrected chi connectivity index (χ2v) is 4.29. The van der Waals surface area contributed by atoms with E-state index in [0.717, 1.165) is 28.8 Å². The van der Waals surface area contributed by atoms with Gasteiger partial charge < -0.3 is 5.32 Å². The van der Waals surface area contributed by atoms with Gasteiger partial charge in [-0.2, -0.15) is 0 Å². The maximum absolute atomic E-state index is 3.86. The fraction of sp³-hybridized carbons (Fsp3) is 0.158. The van der Waals surface area contributed by atoms with Crippen molar-refractivity contribution in [1.29, 1.82) is 0 Å². The summed E-state index contributed by atoms with van der Waals surface area (Å²) in [5, 5.41) is 3.20. The molecule has 1 nitrogen and oxygen atoms in total. The summed E-state index contributed by atoms with van der Waals surface area (Å²) < 4.78 is 0. The van der Waals surface area contributed by atoms with Crippen LogP contribution in [0.3, 0.4) is 0 Å². The lowest BCUT2D eigenvalue weighted by atomic mass is 10.0. The van der Waals surface area contributed by atoms with Crippen molar-refractivity contribution in [1.82, 2.24) is 5.32 Å². The summed E-state index contributed by atoms with van der Waals surface area (Å²) in [7, 11) is 0. The van der Waals surface area contributed by atoms with Crippen molar-refractivity contribution >= 4 is 11.1 Å². The van der Waals surface area contributed by atoms with Crippen molar-refractivity contribution in [2.24, 2.45) is 0 Å². The molecule has 1 aromatic rings. The molecule has 0 aliphatic carbocycles. The smallest absolute Gasteiger partial charge is 0.0113 e. The maximum Gasteiger partial charge on any atom is 0.0113 e. The molecule has 0 fully saturated rings. The van der Waals surface area contributed by atoms with E-state index in [-0.39, 0.29) is 0 Å². The zero-order chi connectivity index (χ0) is 14.8. The van der Waals surface area contributed by atoms with Gasteiger partial charge in [-0.3, -0.25) is 0 Å². The van der Waals surface area contributed by atoms with Gasteiger partial charge in [0.15, 0.2) is 0 Å². The average Bonchev–Trinajstić information content (AvgIpc) is 2.50. The summed E-state index contributed by atoms with van der Waals surface area (Å²) in [6, 6.07) is 8.42. The van der Waals surface area contributed by atoms with Crippen LogP contribution in [0, 0.1) is 0 Å². The number of hydrogen-bond donors (Lipinski definition) is 1. The Hall–Kier alpha value is -2.28. The van der Waals surface area contributed by atoms with Crippen molar-refractivity contribution in [2.75, 3.05) is 6.54 Å². The molecule has 0 unspecified atom stereocenters. The van der Waals surface area contributed by atoms with Crippen LogP contribution in [0.15, 0.2) is 74.0 Å². The van der Waals surface area contributed by atoms with Crippen LogP contribution in [0.5, 0.6) is 0 Å². The highest BCUT2D eigenvalue weighted by atomic mass is 14.8. The van der Waals surface area contributed by atoms with Gasteiger partial charge in [0.05, 0.1) is 0 Å². The lowest BCUT2D eigenvalue weighted by Crippen LogP contribution is -2.03. The predicted molar refractivity (Wildman–Crippen MR) is 91.3 cm³/mol. The fourth-order valence-electron chi connectivity index (χ4n) is 1.81. The van der Waals surface area contributed by atoms with Crippen LogP contribution in [0.1, 0.15) is 25.0 Å². The van der Waals surface area contributed by atoms with E-state index in [4.69, 9.17) is 0 Å². The summed E-state index contributed by atoms with van der Waals surface area (Å²) in [6.45, 7) is 12.7. The van der Waals surface area contributed by atoms with Crippen LogP contribution < -0.4 is 5.32 Å². The van der Waals surface area contributed by atoms with Crippen LogP contribution in [-0.4, -0.2) is 6.54 Å². The fourth-order valence-corrected chi connectivity index (χ4v) is 1.81. The second-order valence-electron chi connectivity index (χ2n) is 4.29. The minimum absolute atomic E-state index is 0.905. The van der Waals surface area contributed by atoms with E-state index >= 15 is 0 Å². The standard InChI is InChI=1S/C19H23N/c1-5-9-10-16(6-2)18-11-13-19(14-12-18)17(7-3)15-20-8-4/h5-7,9-15,20H,2-3,8H2,1,4H3/b9-5-,16-10+,17-15+. The van der Waals surface area contributed by atoms with Gasteiger partial charge >= 0.3 is 0 Å². The summed E-state index contributed by atoms with van der Waals surface area (Å²) in [5.74, 6) is 0. The molecular formula is C19H23N. The number of benzene rings is 1. The Morgan fingerprint density at radius 3 is 2.05 bits per heavy atom. The van der Waals surface area contributed by atoms with Gasteiger partial charge in [0.2, 0.25) is 0 Å². The Morgan fingerprint density at radius 2 is 1.60 bits per heavy atom. The van der Waals surface area contributed by atoms with Crippen molar-refractivity contribution in [2.45, 2.75) is 13.8 Å². The molecule has 0 radical (unpaired) electrons.